The standard InChI is InChI=1S/C21H37NSSi.C18H21NS.C17H19NS.C6H5I/c1-16(2)24(17(3)4,18(5)6)23-21-11-9-8-10-20(21)19-12-14-22(7)15-13-19;1-19-13-11-15(12-14-19)17-9-5-6-10-18(17)20-16-7-3-2-4-8-16;1-2-6-15(7-3-1)19-17-9-5-4-8-16(17)14-10-12-18-13-11-14;7-6-4-2-1-3-5-6/h8-11,16-19H,12-15H2,1-7H3;2-10,15H,11-14H2,1H3;1-9,14,18H,10-13H2;1-5H. The maximum absolute atomic E-state index is 3.45. The van der Waals surface area contributed by atoms with Crippen LogP contribution in [0.1, 0.15) is 115 Å². The summed E-state index contributed by atoms with van der Waals surface area (Å²) >= 11 is 8.37. The fourth-order valence-electron chi connectivity index (χ4n) is 10.7. The number of rotatable bonds is 12. The van der Waals surface area contributed by atoms with Crippen LogP contribution in [-0.2, 0) is 0 Å². The lowest BCUT2D eigenvalue weighted by Gasteiger charge is -2.43. The number of hydrogen-bond donors (Lipinski definition) is 1. The molecule has 0 amide bonds. The van der Waals surface area contributed by atoms with Crippen LogP contribution in [0.4, 0.5) is 0 Å². The molecule has 0 radical (unpaired) electrons. The van der Waals surface area contributed by atoms with Gasteiger partial charge in [0.15, 0.2) is 0 Å². The predicted octanol–water partition coefficient (Wildman–Crippen LogP) is 18.0. The molecule has 0 saturated carbocycles. The number of benzene rings is 6. The molecule has 1 N–H and O–H groups in total. The van der Waals surface area contributed by atoms with E-state index < -0.39 is 7.22 Å². The number of nitrogens with zero attached hydrogens (tertiary/aromatic N) is 2. The van der Waals surface area contributed by atoms with E-state index in [0.29, 0.717) is 5.92 Å². The van der Waals surface area contributed by atoms with Crippen molar-refractivity contribution in [3.8, 4) is 0 Å². The highest BCUT2D eigenvalue weighted by atomic mass is 127. The van der Waals surface area contributed by atoms with Crippen molar-refractivity contribution in [3.63, 3.8) is 0 Å². The van der Waals surface area contributed by atoms with Gasteiger partial charge in [-0.25, -0.2) is 0 Å². The van der Waals surface area contributed by atoms with Gasteiger partial charge in [-0.2, -0.15) is 0 Å². The molecule has 8 heteroatoms. The van der Waals surface area contributed by atoms with Crippen LogP contribution >= 0.6 is 57.3 Å². The zero-order valence-corrected chi connectivity index (χ0v) is 49.1. The SMILES string of the molecule is CC(C)[Si](Sc1ccccc1C1CCN(C)CC1)(C(C)C)C(C)C.CN1CCC(c2ccccc2Sc2ccccc2)CC1.Ic1ccccc1.c1ccc(Sc2ccccc2C2CCNCC2)cc1. The van der Waals surface area contributed by atoms with Crippen molar-refractivity contribution in [3.05, 3.63) is 184 Å². The van der Waals surface area contributed by atoms with E-state index in [1.165, 1.54) is 99.0 Å². The van der Waals surface area contributed by atoms with Gasteiger partial charge in [-0.1, -0.05) is 174 Å². The summed E-state index contributed by atoms with van der Waals surface area (Å²) in [6.45, 7) is 22.0. The van der Waals surface area contributed by atoms with E-state index in [9.17, 15) is 0 Å². The topological polar surface area (TPSA) is 18.5 Å². The fraction of sp³-hybridized carbons (Fsp3) is 0.419. The third kappa shape index (κ3) is 17.1. The maximum Gasteiger partial charge on any atom is 0.131 e. The molecular formula is C62H82IN3S3Si. The molecule has 3 nitrogen and oxygen atoms in total. The second-order valence-corrected chi connectivity index (χ2v) is 32.4. The van der Waals surface area contributed by atoms with Gasteiger partial charge in [0.25, 0.3) is 0 Å². The largest absolute Gasteiger partial charge is 0.317 e. The molecule has 0 bridgehead atoms. The summed E-state index contributed by atoms with van der Waals surface area (Å²) in [5.41, 5.74) is 7.09. The third-order valence-corrected chi connectivity index (χ3v) is 29.8. The molecule has 3 saturated heterocycles. The van der Waals surface area contributed by atoms with Gasteiger partial charge in [-0.3, -0.25) is 0 Å². The van der Waals surface area contributed by atoms with Gasteiger partial charge in [0.2, 0.25) is 0 Å². The minimum atomic E-state index is -1.47. The minimum Gasteiger partial charge on any atom is -0.317 e. The predicted molar refractivity (Wildman–Crippen MR) is 320 cm³/mol. The second-order valence-electron chi connectivity index (χ2n) is 20.3. The highest BCUT2D eigenvalue weighted by Gasteiger charge is 2.44. The normalized spacial score (nSPS) is 16.5. The molecule has 3 fully saturated rings. The highest BCUT2D eigenvalue weighted by Crippen LogP contribution is 2.53. The first kappa shape index (κ1) is 56.5. The van der Waals surface area contributed by atoms with Crippen LogP contribution in [0.5, 0.6) is 0 Å². The molecule has 0 spiro atoms. The molecule has 6 aromatic carbocycles. The summed E-state index contributed by atoms with van der Waals surface area (Å²) in [5.74, 6) is 2.19. The van der Waals surface area contributed by atoms with E-state index in [1.54, 1.807) is 10.5 Å². The zero-order valence-electron chi connectivity index (χ0n) is 43.5. The van der Waals surface area contributed by atoms with E-state index in [0.717, 1.165) is 41.5 Å². The average molecular weight is 1120 g/mol. The summed E-state index contributed by atoms with van der Waals surface area (Å²) in [5, 5.41) is 3.45. The van der Waals surface area contributed by atoms with Crippen LogP contribution < -0.4 is 5.32 Å². The Balaban J connectivity index is 0.000000161. The van der Waals surface area contributed by atoms with Gasteiger partial charge in [0, 0.05) is 28.0 Å². The molecule has 0 unspecified atom stereocenters. The molecule has 6 aromatic rings. The Kier molecular flexibility index (Phi) is 24.0. The van der Waals surface area contributed by atoms with Gasteiger partial charge in [0.05, 0.1) is 0 Å². The van der Waals surface area contributed by atoms with Crippen LogP contribution in [0.15, 0.2) is 188 Å². The molecule has 70 heavy (non-hydrogen) atoms. The van der Waals surface area contributed by atoms with Crippen molar-refractivity contribution >= 4 is 64.5 Å². The number of likely N-dealkylation sites (tertiary alicyclic amines) is 2. The fourth-order valence-corrected chi connectivity index (χ4v) is 22.6. The summed E-state index contributed by atoms with van der Waals surface area (Å²) in [6, 6.07) is 58.7. The van der Waals surface area contributed by atoms with E-state index in [1.807, 2.05) is 41.7 Å². The molecule has 0 atom stereocenters. The van der Waals surface area contributed by atoms with Crippen molar-refractivity contribution < 1.29 is 0 Å². The molecule has 0 aromatic heterocycles. The van der Waals surface area contributed by atoms with Crippen LogP contribution in [0.25, 0.3) is 0 Å². The number of nitrogens with one attached hydrogen (secondary N) is 1. The van der Waals surface area contributed by atoms with E-state index in [2.05, 4.69) is 250 Å². The van der Waals surface area contributed by atoms with Crippen molar-refractivity contribution in [2.45, 2.75) is 139 Å². The van der Waals surface area contributed by atoms with Crippen LogP contribution in [-0.4, -0.2) is 70.4 Å². The van der Waals surface area contributed by atoms with Gasteiger partial charge in [-0.15, -0.1) is 11.2 Å². The van der Waals surface area contributed by atoms with E-state index >= 15 is 0 Å². The summed E-state index contributed by atoms with van der Waals surface area (Å²) in [7, 11) is 3.01. The molecule has 3 aliphatic rings. The Labute approximate surface area is 452 Å². The first-order chi connectivity index (χ1) is 33.9. The van der Waals surface area contributed by atoms with Gasteiger partial charge in [0.1, 0.15) is 7.22 Å². The molecule has 374 valence electrons. The van der Waals surface area contributed by atoms with Crippen molar-refractivity contribution in [2.75, 3.05) is 53.4 Å². The van der Waals surface area contributed by atoms with Crippen LogP contribution in [0, 0.1) is 3.57 Å². The minimum absolute atomic E-state index is 0.716. The van der Waals surface area contributed by atoms with Crippen LogP contribution in [0.3, 0.4) is 0 Å². The lowest BCUT2D eigenvalue weighted by molar-refractivity contribution is 0.254. The van der Waals surface area contributed by atoms with E-state index in [-0.39, 0.29) is 0 Å². The Morgan fingerprint density at radius 1 is 0.429 bits per heavy atom. The Bertz CT molecular complexity index is 2340. The number of piperidine rings is 3. The second kappa shape index (κ2) is 29.8. The Morgan fingerprint density at radius 2 is 0.743 bits per heavy atom. The first-order valence-corrected chi connectivity index (χ1v) is 32.6. The lowest BCUT2D eigenvalue weighted by Crippen LogP contribution is -2.41. The average Bonchev–Trinajstić information content (AvgIpc) is 3.38. The molecular weight excluding hydrogens is 1040 g/mol. The Hall–Kier alpha value is -2.80. The van der Waals surface area contributed by atoms with Gasteiger partial charge >= 0.3 is 0 Å². The van der Waals surface area contributed by atoms with Crippen molar-refractivity contribution in [2.24, 2.45) is 0 Å². The summed E-state index contributed by atoms with van der Waals surface area (Å²) in [4.78, 5) is 12.0. The van der Waals surface area contributed by atoms with Crippen molar-refractivity contribution in [1.82, 2.24) is 15.1 Å². The highest BCUT2D eigenvalue weighted by molar-refractivity contribution is 14.1. The number of hydrogen-bond acceptors (Lipinski definition) is 6. The lowest BCUT2D eigenvalue weighted by atomic mass is 9.90. The molecule has 0 aliphatic carbocycles. The summed E-state index contributed by atoms with van der Waals surface area (Å²) < 4.78 is 1.29. The zero-order chi connectivity index (χ0) is 49.7. The quantitative estimate of drug-likeness (QED) is 0.0965. The molecule has 9 rings (SSSR count). The number of halogens is 1. The van der Waals surface area contributed by atoms with Crippen molar-refractivity contribution in [1.29, 1.82) is 0 Å². The molecule has 3 heterocycles. The Morgan fingerprint density at radius 3 is 1.10 bits per heavy atom. The summed E-state index contributed by atoms with van der Waals surface area (Å²) in [6.07, 6.45) is 7.70. The first-order valence-electron chi connectivity index (χ1n) is 26.1. The maximum atomic E-state index is 3.45. The smallest absolute Gasteiger partial charge is 0.131 e. The van der Waals surface area contributed by atoms with Gasteiger partial charge in [-0.05, 0) is 220 Å². The van der Waals surface area contributed by atoms with Gasteiger partial charge < -0.3 is 15.1 Å². The molecule has 3 aliphatic heterocycles. The van der Waals surface area contributed by atoms with Crippen LogP contribution in [0.2, 0.25) is 16.6 Å². The van der Waals surface area contributed by atoms with E-state index in [4.69, 9.17) is 0 Å². The monoisotopic (exact) mass is 1120 g/mol. The third-order valence-electron chi connectivity index (χ3n) is 14.5.